The average molecular weight is 423 g/mol. The molecule has 1 heterocycles. The molecule has 0 radical (unpaired) electrons. The van der Waals surface area contributed by atoms with E-state index in [-0.39, 0.29) is 23.1 Å². The highest BCUT2D eigenvalue weighted by Gasteiger charge is 2.28. The first kappa shape index (κ1) is 22.3. The van der Waals surface area contributed by atoms with Gasteiger partial charge in [-0.15, -0.1) is 10.2 Å². The van der Waals surface area contributed by atoms with Crippen molar-refractivity contribution in [3.63, 3.8) is 0 Å². The Balaban J connectivity index is 2.10. The van der Waals surface area contributed by atoms with Gasteiger partial charge < -0.3 is 5.32 Å². The lowest BCUT2D eigenvalue weighted by atomic mass is 9.91. The van der Waals surface area contributed by atoms with E-state index in [2.05, 4.69) is 20.8 Å². The number of anilines is 1. The first-order chi connectivity index (χ1) is 13.1. The van der Waals surface area contributed by atoms with Crippen molar-refractivity contribution in [1.82, 2.24) is 15.5 Å². The minimum Gasteiger partial charge on any atom is -0.344 e. The first-order valence-electron chi connectivity index (χ1n) is 9.28. The van der Waals surface area contributed by atoms with Crippen LogP contribution in [0.1, 0.15) is 47.5 Å². The molecule has 2 unspecified atom stereocenters. The van der Waals surface area contributed by atoms with Gasteiger partial charge in [0, 0.05) is 17.0 Å². The zero-order chi connectivity index (χ0) is 20.9. The number of hydrogen-bond acceptors (Lipinski definition) is 5. The highest BCUT2D eigenvalue weighted by atomic mass is 35.5. The molecule has 2 N–H and O–H groups in total. The lowest BCUT2D eigenvalue weighted by Gasteiger charge is -2.25. The number of rotatable bonds is 7. The summed E-state index contributed by atoms with van der Waals surface area (Å²) >= 11 is 7.28. The van der Waals surface area contributed by atoms with Crippen molar-refractivity contribution in [2.45, 2.75) is 53.5 Å². The summed E-state index contributed by atoms with van der Waals surface area (Å²) in [4.78, 5) is 25.1. The van der Waals surface area contributed by atoms with E-state index >= 15 is 0 Å². The van der Waals surface area contributed by atoms with Gasteiger partial charge in [-0.3, -0.25) is 14.9 Å². The maximum atomic E-state index is 12.8. The van der Waals surface area contributed by atoms with Crippen LogP contribution in [-0.4, -0.2) is 28.1 Å². The molecule has 1 aromatic heterocycles. The van der Waals surface area contributed by atoms with Crippen molar-refractivity contribution in [3.05, 3.63) is 29.3 Å². The van der Waals surface area contributed by atoms with Crippen LogP contribution < -0.4 is 10.6 Å². The van der Waals surface area contributed by atoms with Gasteiger partial charge in [0.1, 0.15) is 11.0 Å². The number of nitrogens with one attached hydrogen (secondary N) is 2. The van der Waals surface area contributed by atoms with E-state index in [1.165, 1.54) is 11.3 Å². The third kappa shape index (κ3) is 6.56. The highest BCUT2D eigenvalue weighted by Crippen LogP contribution is 2.28. The number of halogens is 1. The summed E-state index contributed by atoms with van der Waals surface area (Å²) in [5, 5.41) is 15.5. The molecule has 6 nitrogen and oxygen atoms in total. The van der Waals surface area contributed by atoms with Gasteiger partial charge >= 0.3 is 0 Å². The van der Waals surface area contributed by atoms with Crippen molar-refractivity contribution in [2.24, 2.45) is 11.3 Å². The molecule has 0 aliphatic carbocycles. The number of hydrogen-bond donors (Lipinski definition) is 2. The number of carbonyl (C=O) groups excluding carboxylic acids is 2. The van der Waals surface area contributed by atoms with Gasteiger partial charge in [-0.2, -0.15) is 0 Å². The molecule has 0 aliphatic heterocycles. The topological polar surface area (TPSA) is 84.0 Å². The fourth-order valence-electron chi connectivity index (χ4n) is 2.60. The molecule has 2 atom stereocenters. The number of nitrogens with zero attached hydrogens (tertiary/aromatic N) is 2. The lowest BCUT2D eigenvalue weighted by Crippen LogP contribution is -2.48. The van der Waals surface area contributed by atoms with Crippen LogP contribution in [-0.2, 0) is 9.59 Å². The zero-order valence-electron chi connectivity index (χ0n) is 16.9. The zero-order valence-corrected chi connectivity index (χ0v) is 18.4. The summed E-state index contributed by atoms with van der Waals surface area (Å²) in [5.74, 6) is -0.431. The second-order valence-corrected chi connectivity index (χ2v) is 9.49. The summed E-state index contributed by atoms with van der Waals surface area (Å²) in [7, 11) is 0. The third-order valence-corrected chi connectivity index (χ3v) is 5.35. The Bertz CT molecular complexity index is 832. The number of carbonyl (C=O) groups is 2. The van der Waals surface area contributed by atoms with E-state index in [1.54, 1.807) is 12.1 Å². The van der Waals surface area contributed by atoms with E-state index in [9.17, 15) is 9.59 Å². The van der Waals surface area contributed by atoms with Crippen molar-refractivity contribution in [1.29, 1.82) is 0 Å². The standard InChI is InChI=1S/C20H27ClN4O2S/c1-6-12(2)16(22-15(26)11-20(3,4)5)17(27)23-19-25-24-18(28-19)13-8-7-9-14(21)10-13/h7-10,12,16H,6,11H2,1-5H3,(H,22,26)(H,23,25,27). The SMILES string of the molecule is CCC(C)C(NC(=O)CC(C)(C)C)C(=O)Nc1nnc(-c2cccc(Cl)c2)s1. The van der Waals surface area contributed by atoms with Gasteiger partial charge in [-0.25, -0.2) is 0 Å². The van der Waals surface area contributed by atoms with Gasteiger partial charge in [-0.05, 0) is 23.5 Å². The van der Waals surface area contributed by atoms with Crippen molar-refractivity contribution in [2.75, 3.05) is 5.32 Å². The number of benzene rings is 1. The van der Waals surface area contributed by atoms with E-state index in [0.717, 1.165) is 12.0 Å². The first-order valence-corrected chi connectivity index (χ1v) is 10.5. The number of amides is 2. The average Bonchev–Trinajstić information content (AvgIpc) is 3.06. The fraction of sp³-hybridized carbons (Fsp3) is 0.500. The van der Waals surface area contributed by atoms with Crippen LogP contribution in [0.25, 0.3) is 10.6 Å². The predicted octanol–water partition coefficient (Wildman–Crippen LogP) is 4.76. The second kappa shape index (κ2) is 9.47. The molecule has 28 heavy (non-hydrogen) atoms. The largest absolute Gasteiger partial charge is 0.344 e. The van der Waals surface area contributed by atoms with Crippen LogP contribution in [0.5, 0.6) is 0 Å². The predicted molar refractivity (Wildman–Crippen MR) is 114 cm³/mol. The molecule has 2 aromatic rings. The van der Waals surface area contributed by atoms with Gasteiger partial charge in [0.2, 0.25) is 16.9 Å². The van der Waals surface area contributed by atoms with Gasteiger partial charge in [0.25, 0.3) is 0 Å². The van der Waals surface area contributed by atoms with Gasteiger partial charge in [0.05, 0.1) is 0 Å². The minimum absolute atomic E-state index is 0.00996. The smallest absolute Gasteiger partial charge is 0.249 e. The van der Waals surface area contributed by atoms with Crippen molar-refractivity contribution in [3.8, 4) is 10.6 Å². The molecule has 0 saturated carbocycles. The van der Waals surface area contributed by atoms with Crippen LogP contribution in [0.2, 0.25) is 5.02 Å². The van der Waals surface area contributed by atoms with E-state index < -0.39 is 6.04 Å². The van der Waals surface area contributed by atoms with Crippen molar-refractivity contribution >= 4 is 39.9 Å². The molecule has 0 saturated heterocycles. The molecule has 0 bridgehead atoms. The van der Waals surface area contributed by atoms with E-state index in [1.807, 2.05) is 46.8 Å². The van der Waals surface area contributed by atoms with E-state index in [4.69, 9.17) is 11.6 Å². The van der Waals surface area contributed by atoms with Crippen LogP contribution in [0.3, 0.4) is 0 Å². The quantitative estimate of drug-likeness (QED) is 0.673. The molecule has 8 heteroatoms. The molecular weight excluding hydrogens is 396 g/mol. The molecule has 0 fully saturated rings. The molecule has 0 aliphatic rings. The normalized spacial score (nSPS) is 13.6. The molecular formula is C20H27ClN4O2S. The monoisotopic (exact) mass is 422 g/mol. The summed E-state index contributed by atoms with van der Waals surface area (Å²) in [5.41, 5.74) is 0.688. The molecule has 1 aromatic carbocycles. The maximum Gasteiger partial charge on any atom is 0.249 e. The lowest BCUT2D eigenvalue weighted by molar-refractivity contribution is -0.128. The van der Waals surface area contributed by atoms with E-state index in [0.29, 0.717) is 21.6 Å². The molecule has 0 spiro atoms. The Labute approximate surface area is 175 Å². The highest BCUT2D eigenvalue weighted by molar-refractivity contribution is 7.18. The Morgan fingerprint density at radius 3 is 2.57 bits per heavy atom. The van der Waals surface area contributed by atoms with Crippen LogP contribution in [0, 0.1) is 11.3 Å². The van der Waals surface area contributed by atoms with Crippen LogP contribution >= 0.6 is 22.9 Å². The van der Waals surface area contributed by atoms with Gasteiger partial charge in [0.15, 0.2) is 0 Å². The second-order valence-electron chi connectivity index (χ2n) is 8.08. The Kier molecular flexibility index (Phi) is 7.55. The fourth-order valence-corrected chi connectivity index (χ4v) is 3.54. The van der Waals surface area contributed by atoms with Gasteiger partial charge in [-0.1, -0.05) is 76.1 Å². The summed E-state index contributed by atoms with van der Waals surface area (Å²) in [6, 6.07) is 6.67. The third-order valence-electron chi connectivity index (χ3n) is 4.23. The molecule has 2 rings (SSSR count). The Morgan fingerprint density at radius 1 is 1.25 bits per heavy atom. The van der Waals surface area contributed by atoms with Crippen molar-refractivity contribution < 1.29 is 9.59 Å². The maximum absolute atomic E-state index is 12.8. The summed E-state index contributed by atoms with van der Waals surface area (Å²) in [6.45, 7) is 9.90. The summed E-state index contributed by atoms with van der Waals surface area (Å²) < 4.78 is 0. The summed E-state index contributed by atoms with van der Waals surface area (Å²) in [6.07, 6.45) is 1.11. The van der Waals surface area contributed by atoms with Crippen LogP contribution in [0.4, 0.5) is 5.13 Å². The number of aromatic nitrogens is 2. The molecule has 152 valence electrons. The minimum atomic E-state index is -0.627. The molecule has 2 amide bonds. The van der Waals surface area contributed by atoms with Crippen LogP contribution in [0.15, 0.2) is 24.3 Å². The Hall–Kier alpha value is -1.99. The Morgan fingerprint density at radius 2 is 1.96 bits per heavy atom.